The summed E-state index contributed by atoms with van der Waals surface area (Å²) in [5.41, 5.74) is -0.611. The van der Waals surface area contributed by atoms with Crippen molar-refractivity contribution in [2.45, 2.75) is 12.1 Å². The van der Waals surface area contributed by atoms with E-state index in [0.717, 1.165) is 9.80 Å². The first-order chi connectivity index (χ1) is 11.9. The van der Waals surface area contributed by atoms with Gasteiger partial charge in [0, 0.05) is 21.3 Å². The zero-order chi connectivity index (χ0) is 18.8. The summed E-state index contributed by atoms with van der Waals surface area (Å²) in [5.74, 6) is 0. The standard InChI is InChI=1S/C15H24N3O6Si/c1-6-9-16-13(19)17(10-7-2)15(21)18(14(16)20)11-8-12(18)25(22-3,23-4)24-5/h6-7,12H,1-2,8-11H2,3-5H3/q+1. The molecule has 0 aliphatic carbocycles. The fourth-order valence-corrected chi connectivity index (χ4v) is 6.16. The third-order valence-electron chi connectivity index (χ3n) is 4.78. The first kappa shape index (κ1) is 19.5. The number of carbonyl (C=O) groups is 3. The molecule has 2 fully saturated rings. The van der Waals surface area contributed by atoms with Crippen LogP contribution < -0.4 is 0 Å². The van der Waals surface area contributed by atoms with Crippen LogP contribution in [0.25, 0.3) is 0 Å². The Labute approximate surface area is 148 Å². The van der Waals surface area contributed by atoms with E-state index in [4.69, 9.17) is 13.3 Å². The van der Waals surface area contributed by atoms with Crippen LogP contribution in [-0.2, 0) is 13.3 Å². The van der Waals surface area contributed by atoms with Crippen molar-refractivity contribution in [3.05, 3.63) is 25.3 Å². The first-order valence-corrected chi connectivity index (χ1v) is 9.63. The molecule has 2 saturated heterocycles. The van der Waals surface area contributed by atoms with E-state index < -0.39 is 37.0 Å². The molecule has 0 aromatic rings. The van der Waals surface area contributed by atoms with Crippen LogP contribution in [0.2, 0.25) is 0 Å². The third kappa shape index (κ3) is 2.57. The quantitative estimate of drug-likeness (QED) is 0.364. The van der Waals surface area contributed by atoms with Crippen molar-refractivity contribution < 1.29 is 32.1 Å². The molecule has 0 aromatic carbocycles. The number of amides is 6. The minimum absolute atomic E-state index is 0.00676. The van der Waals surface area contributed by atoms with Crippen molar-refractivity contribution in [2.24, 2.45) is 0 Å². The van der Waals surface area contributed by atoms with E-state index in [1.807, 2.05) is 0 Å². The van der Waals surface area contributed by atoms with Crippen LogP contribution in [0.1, 0.15) is 6.42 Å². The number of rotatable bonds is 8. The van der Waals surface area contributed by atoms with Gasteiger partial charge in [0.2, 0.25) is 0 Å². The van der Waals surface area contributed by atoms with Crippen molar-refractivity contribution in [1.29, 1.82) is 0 Å². The van der Waals surface area contributed by atoms with Crippen LogP contribution in [0.3, 0.4) is 0 Å². The van der Waals surface area contributed by atoms with Gasteiger partial charge in [-0.1, -0.05) is 12.2 Å². The molecule has 0 aromatic heterocycles. The van der Waals surface area contributed by atoms with E-state index in [0.29, 0.717) is 6.42 Å². The van der Waals surface area contributed by atoms with Crippen molar-refractivity contribution >= 4 is 26.9 Å². The molecule has 138 valence electrons. The maximum Gasteiger partial charge on any atom is 0.563 e. The average molecular weight is 370 g/mol. The van der Waals surface area contributed by atoms with Crippen LogP contribution in [0.15, 0.2) is 25.3 Å². The van der Waals surface area contributed by atoms with Crippen LogP contribution in [0.4, 0.5) is 14.4 Å². The molecule has 25 heavy (non-hydrogen) atoms. The van der Waals surface area contributed by atoms with Crippen LogP contribution in [-0.4, -0.2) is 87.8 Å². The summed E-state index contributed by atoms with van der Waals surface area (Å²) in [5, 5.41) is 0. The lowest BCUT2D eigenvalue weighted by Gasteiger charge is -2.54. The summed E-state index contributed by atoms with van der Waals surface area (Å²) < 4.78 is 15.9. The molecule has 0 N–H and O–H groups in total. The highest BCUT2D eigenvalue weighted by molar-refractivity contribution is 6.62. The number of hydrogen-bond acceptors (Lipinski definition) is 6. The summed E-state index contributed by atoms with van der Waals surface area (Å²) in [6.45, 7) is 7.42. The zero-order valence-corrected chi connectivity index (χ0v) is 15.8. The largest absolute Gasteiger partial charge is 0.563 e. The smallest absolute Gasteiger partial charge is 0.373 e. The molecule has 0 saturated carbocycles. The van der Waals surface area contributed by atoms with Gasteiger partial charge in [0.05, 0.1) is 19.5 Å². The van der Waals surface area contributed by atoms with Gasteiger partial charge in [0.25, 0.3) is 0 Å². The maximum absolute atomic E-state index is 13.1. The van der Waals surface area contributed by atoms with E-state index in [1.54, 1.807) is 0 Å². The molecule has 1 unspecified atom stereocenters. The molecular formula is C15H24N3O6Si+. The van der Waals surface area contributed by atoms with E-state index in [-0.39, 0.29) is 19.6 Å². The fourth-order valence-electron chi connectivity index (χ4n) is 3.47. The maximum atomic E-state index is 13.1. The molecule has 2 aliphatic heterocycles. The molecular weight excluding hydrogens is 346 g/mol. The lowest BCUT2D eigenvalue weighted by molar-refractivity contribution is -0.839. The van der Waals surface area contributed by atoms with E-state index in [2.05, 4.69) is 13.2 Å². The Morgan fingerprint density at radius 2 is 1.48 bits per heavy atom. The Balaban J connectivity index is 2.54. The van der Waals surface area contributed by atoms with Crippen LogP contribution in [0.5, 0.6) is 0 Å². The molecule has 10 heteroatoms. The van der Waals surface area contributed by atoms with E-state index in [1.165, 1.54) is 33.5 Å². The Bertz CT molecular complexity index is 566. The van der Waals surface area contributed by atoms with Gasteiger partial charge in [-0.2, -0.15) is 4.48 Å². The van der Waals surface area contributed by atoms with Gasteiger partial charge in [-0.05, 0) is 0 Å². The predicted octanol–water partition coefficient (Wildman–Crippen LogP) is 1.34. The molecule has 1 spiro atoms. The van der Waals surface area contributed by atoms with Crippen LogP contribution in [0, 0.1) is 0 Å². The Morgan fingerprint density at radius 3 is 1.76 bits per heavy atom. The van der Waals surface area contributed by atoms with Gasteiger partial charge in [-0.15, -0.1) is 13.2 Å². The van der Waals surface area contributed by atoms with Crippen molar-refractivity contribution in [3.63, 3.8) is 0 Å². The van der Waals surface area contributed by atoms with Gasteiger partial charge in [0.1, 0.15) is 6.54 Å². The van der Waals surface area contributed by atoms with Crippen molar-refractivity contribution in [2.75, 3.05) is 41.0 Å². The highest BCUT2D eigenvalue weighted by atomic mass is 28.4. The Kier molecular flexibility index (Phi) is 5.59. The molecule has 0 bridgehead atoms. The number of quaternary nitrogens is 1. The fraction of sp³-hybridized carbons (Fsp3) is 0.533. The number of imide groups is 3. The lowest BCUT2D eigenvalue weighted by atomic mass is 10.1. The molecule has 2 aliphatic rings. The molecule has 6 amide bonds. The highest BCUT2D eigenvalue weighted by Gasteiger charge is 2.75. The third-order valence-corrected chi connectivity index (χ3v) is 8.03. The van der Waals surface area contributed by atoms with Crippen LogP contribution >= 0.6 is 0 Å². The van der Waals surface area contributed by atoms with Gasteiger partial charge < -0.3 is 13.3 Å². The molecule has 9 nitrogen and oxygen atoms in total. The van der Waals surface area contributed by atoms with Gasteiger partial charge in [0.15, 0.2) is 5.67 Å². The lowest BCUT2D eigenvalue weighted by Crippen LogP contribution is -2.86. The second kappa shape index (κ2) is 7.18. The minimum Gasteiger partial charge on any atom is -0.373 e. The molecule has 0 radical (unpaired) electrons. The second-order valence-corrected chi connectivity index (χ2v) is 8.86. The van der Waals surface area contributed by atoms with Gasteiger partial charge >= 0.3 is 26.9 Å². The Hall–Kier alpha value is -1.85. The topological polar surface area (TPSA) is 85.4 Å². The summed E-state index contributed by atoms with van der Waals surface area (Å²) in [6, 6.07) is -1.88. The number of urea groups is 3. The second-order valence-electron chi connectivity index (χ2n) is 5.76. The Morgan fingerprint density at radius 1 is 1.04 bits per heavy atom. The minimum atomic E-state index is -3.29. The summed E-state index contributed by atoms with van der Waals surface area (Å²) in [7, 11) is 1.00. The summed E-state index contributed by atoms with van der Waals surface area (Å²) in [4.78, 5) is 40.8. The van der Waals surface area contributed by atoms with Crippen molar-refractivity contribution in [3.8, 4) is 0 Å². The highest BCUT2D eigenvalue weighted by Crippen LogP contribution is 2.41. The molecule has 1 atom stereocenters. The van der Waals surface area contributed by atoms with E-state index in [9.17, 15) is 14.4 Å². The van der Waals surface area contributed by atoms with Gasteiger partial charge in [-0.25, -0.2) is 24.2 Å². The van der Waals surface area contributed by atoms with E-state index >= 15 is 0 Å². The summed E-state index contributed by atoms with van der Waals surface area (Å²) in [6.07, 6.45) is 3.39. The number of carbonyl (C=O) groups excluding carboxylic acids is 3. The zero-order valence-electron chi connectivity index (χ0n) is 14.8. The predicted molar refractivity (Wildman–Crippen MR) is 90.3 cm³/mol. The number of nitrogens with zero attached hydrogens (tertiary/aromatic N) is 3. The first-order valence-electron chi connectivity index (χ1n) is 7.83. The summed E-state index contributed by atoms with van der Waals surface area (Å²) >= 11 is 0. The molecule has 2 heterocycles. The monoisotopic (exact) mass is 370 g/mol. The number of hydrogen-bond donors (Lipinski definition) is 0. The SMILES string of the molecule is C=CCN1C(=O)N(CC=C)C(=O)[N+]2(CCC2[Si](OC)(OC)OC)C1=O. The normalized spacial score (nSPS) is 23.0. The van der Waals surface area contributed by atoms with Crippen molar-refractivity contribution in [1.82, 2.24) is 9.80 Å². The average Bonchev–Trinajstić information content (AvgIpc) is 2.59. The molecule has 2 rings (SSSR count). The van der Waals surface area contributed by atoms with Gasteiger partial charge in [-0.3, -0.25) is 0 Å².